The standard InChI is InChI=1S/C27H30N4O3/c1-3-4-16-28-26(33)20-10-8-12-22(17-20)29-19-25(32)30-23-13-9-11-21(18-23)27(34)31(2)24-14-6-5-7-15-24/h5-15,17-18,29H,3-4,16,19H2,1-2H3,(H,28,33)(H,30,32). The van der Waals surface area contributed by atoms with E-state index in [1.54, 1.807) is 60.5 Å². The summed E-state index contributed by atoms with van der Waals surface area (Å²) in [6.07, 6.45) is 1.94. The van der Waals surface area contributed by atoms with E-state index < -0.39 is 0 Å². The van der Waals surface area contributed by atoms with Gasteiger partial charge in [-0.2, -0.15) is 0 Å². The first-order valence-corrected chi connectivity index (χ1v) is 11.3. The number of unbranched alkanes of at least 4 members (excludes halogenated alkanes) is 1. The molecular weight excluding hydrogens is 428 g/mol. The van der Waals surface area contributed by atoms with Gasteiger partial charge in [0.25, 0.3) is 11.8 Å². The fraction of sp³-hybridized carbons (Fsp3) is 0.222. The van der Waals surface area contributed by atoms with Gasteiger partial charge in [-0.1, -0.05) is 43.7 Å². The Morgan fingerprint density at radius 1 is 0.824 bits per heavy atom. The molecule has 3 amide bonds. The maximum absolute atomic E-state index is 12.8. The summed E-state index contributed by atoms with van der Waals surface area (Å²) in [6, 6.07) is 23.2. The van der Waals surface area contributed by atoms with Gasteiger partial charge in [0.15, 0.2) is 0 Å². The van der Waals surface area contributed by atoms with E-state index >= 15 is 0 Å². The van der Waals surface area contributed by atoms with Crippen LogP contribution in [0.3, 0.4) is 0 Å². The van der Waals surface area contributed by atoms with E-state index in [-0.39, 0.29) is 24.3 Å². The van der Waals surface area contributed by atoms with Gasteiger partial charge in [-0.05, 0) is 55.0 Å². The second kappa shape index (κ2) is 12.2. The third-order valence-electron chi connectivity index (χ3n) is 5.24. The first kappa shape index (κ1) is 24.5. The molecule has 0 unspecified atom stereocenters. The van der Waals surface area contributed by atoms with Gasteiger partial charge in [0, 0.05) is 41.8 Å². The Kier molecular flexibility index (Phi) is 8.80. The third-order valence-corrected chi connectivity index (χ3v) is 5.24. The zero-order chi connectivity index (χ0) is 24.3. The number of anilines is 3. The normalized spacial score (nSPS) is 10.3. The molecule has 3 aromatic carbocycles. The molecule has 0 aromatic heterocycles. The van der Waals surface area contributed by atoms with Crippen molar-refractivity contribution in [1.82, 2.24) is 5.32 Å². The summed E-state index contributed by atoms with van der Waals surface area (Å²) in [5.74, 6) is -0.572. The molecule has 0 saturated heterocycles. The highest BCUT2D eigenvalue weighted by Crippen LogP contribution is 2.17. The number of benzene rings is 3. The predicted molar refractivity (Wildman–Crippen MR) is 136 cm³/mol. The van der Waals surface area contributed by atoms with E-state index in [4.69, 9.17) is 0 Å². The van der Waals surface area contributed by atoms with Crippen LogP contribution in [0.5, 0.6) is 0 Å². The van der Waals surface area contributed by atoms with E-state index in [1.807, 2.05) is 30.3 Å². The van der Waals surface area contributed by atoms with Crippen molar-refractivity contribution in [2.45, 2.75) is 19.8 Å². The molecule has 0 atom stereocenters. The van der Waals surface area contributed by atoms with Crippen LogP contribution >= 0.6 is 0 Å². The molecule has 34 heavy (non-hydrogen) atoms. The van der Waals surface area contributed by atoms with E-state index in [2.05, 4.69) is 22.9 Å². The lowest BCUT2D eigenvalue weighted by Gasteiger charge is -2.17. The molecule has 0 bridgehead atoms. The van der Waals surface area contributed by atoms with Crippen LogP contribution in [0.15, 0.2) is 78.9 Å². The number of hydrogen-bond donors (Lipinski definition) is 3. The van der Waals surface area contributed by atoms with Gasteiger partial charge < -0.3 is 20.9 Å². The highest BCUT2D eigenvalue weighted by atomic mass is 16.2. The molecule has 3 N–H and O–H groups in total. The first-order valence-electron chi connectivity index (χ1n) is 11.3. The second-order valence-electron chi connectivity index (χ2n) is 7.87. The average molecular weight is 459 g/mol. The van der Waals surface area contributed by atoms with Crippen LogP contribution in [0, 0.1) is 0 Å². The monoisotopic (exact) mass is 458 g/mol. The molecular formula is C27H30N4O3. The van der Waals surface area contributed by atoms with Crippen LogP contribution in [0.1, 0.15) is 40.5 Å². The van der Waals surface area contributed by atoms with Crippen LogP contribution in [-0.4, -0.2) is 37.9 Å². The van der Waals surface area contributed by atoms with Crippen LogP contribution in [0.25, 0.3) is 0 Å². The Balaban J connectivity index is 1.56. The Labute approximate surface area is 200 Å². The fourth-order valence-corrected chi connectivity index (χ4v) is 3.33. The Hall–Kier alpha value is -4.13. The molecule has 0 saturated carbocycles. The average Bonchev–Trinajstić information content (AvgIpc) is 2.87. The second-order valence-corrected chi connectivity index (χ2v) is 7.87. The lowest BCUT2D eigenvalue weighted by atomic mass is 10.1. The van der Waals surface area contributed by atoms with Crippen molar-refractivity contribution in [3.63, 3.8) is 0 Å². The largest absolute Gasteiger partial charge is 0.376 e. The van der Waals surface area contributed by atoms with Crippen molar-refractivity contribution in [3.8, 4) is 0 Å². The molecule has 176 valence electrons. The molecule has 3 aromatic rings. The summed E-state index contributed by atoms with van der Waals surface area (Å²) in [6.45, 7) is 2.72. The van der Waals surface area contributed by atoms with E-state index in [9.17, 15) is 14.4 Å². The number of carbonyl (C=O) groups excluding carboxylic acids is 3. The van der Waals surface area contributed by atoms with Gasteiger partial charge in [0.1, 0.15) is 0 Å². The van der Waals surface area contributed by atoms with Crippen LogP contribution in [0.2, 0.25) is 0 Å². The SMILES string of the molecule is CCCCNC(=O)c1cccc(NCC(=O)Nc2cccc(C(=O)N(C)c3ccccc3)c2)c1. The third kappa shape index (κ3) is 6.93. The molecule has 0 radical (unpaired) electrons. The van der Waals surface area contributed by atoms with Crippen molar-refractivity contribution < 1.29 is 14.4 Å². The van der Waals surface area contributed by atoms with Gasteiger partial charge in [-0.15, -0.1) is 0 Å². The smallest absolute Gasteiger partial charge is 0.258 e. The summed E-state index contributed by atoms with van der Waals surface area (Å²) in [5.41, 5.74) is 3.00. The predicted octanol–water partition coefficient (Wildman–Crippen LogP) is 4.54. The van der Waals surface area contributed by atoms with Crippen LogP contribution in [0.4, 0.5) is 17.1 Å². The van der Waals surface area contributed by atoms with Crippen molar-refractivity contribution in [2.24, 2.45) is 0 Å². The van der Waals surface area contributed by atoms with Crippen molar-refractivity contribution in [3.05, 3.63) is 90.0 Å². The van der Waals surface area contributed by atoms with Gasteiger partial charge in [0.2, 0.25) is 5.91 Å². The van der Waals surface area contributed by atoms with Crippen molar-refractivity contribution in [1.29, 1.82) is 0 Å². The minimum absolute atomic E-state index is 0.0169. The quantitative estimate of drug-likeness (QED) is 0.389. The summed E-state index contributed by atoms with van der Waals surface area (Å²) in [5, 5.41) is 8.72. The van der Waals surface area contributed by atoms with Gasteiger partial charge in [0.05, 0.1) is 6.54 Å². The molecule has 7 nitrogen and oxygen atoms in total. The molecule has 7 heteroatoms. The lowest BCUT2D eigenvalue weighted by Crippen LogP contribution is -2.26. The van der Waals surface area contributed by atoms with E-state index in [0.717, 1.165) is 18.5 Å². The molecule has 0 fully saturated rings. The Bertz CT molecular complexity index is 1130. The zero-order valence-corrected chi connectivity index (χ0v) is 19.5. The first-order chi connectivity index (χ1) is 16.5. The number of nitrogens with one attached hydrogen (secondary N) is 3. The molecule has 0 aliphatic carbocycles. The van der Waals surface area contributed by atoms with E-state index in [1.165, 1.54) is 0 Å². The van der Waals surface area contributed by atoms with Gasteiger partial charge in [-0.3, -0.25) is 14.4 Å². The number of amides is 3. The minimum Gasteiger partial charge on any atom is -0.376 e. The van der Waals surface area contributed by atoms with Crippen LogP contribution < -0.4 is 20.9 Å². The van der Waals surface area contributed by atoms with Crippen LogP contribution in [-0.2, 0) is 4.79 Å². The molecule has 0 aliphatic rings. The molecule has 0 heterocycles. The Morgan fingerprint density at radius 2 is 1.50 bits per heavy atom. The summed E-state index contributed by atoms with van der Waals surface area (Å²) in [7, 11) is 1.71. The number of hydrogen-bond acceptors (Lipinski definition) is 4. The summed E-state index contributed by atoms with van der Waals surface area (Å²) in [4.78, 5) is 39.1. The number of para-hydroxylation sites is 1. The minimum atomic E-state index is -0.265. The lowest BCUT2D eigenvalue weighted by molar-refractivity contribution is -0.114. The molecule has 3 rings (SSSR count). The number of rotatable bonds is 10. The van der Waals surface area contributed by atoms with Crippen molar-refractivity contribution in [2.75, 3.05) is 35.7 Å². The Morgan fingerprint density at radius 3 is 2.24 bits per heavy atom. The number of nitrogens with zero attached hydrogens (tertiary/aromatic N) is 1. The van der Waals surface area contributed by atoms with Gasteiger partial charge in [-0.25, -0.2) is 0 Å². The van der Waals surface area contributed by atoms with Gasteiger partial charge >= 0.3 is 0 Å². The molecule has 0 spiro atoms. The molecule has 0 aliphatic heterocycles. The zero-order valence-electron chi connectivity index (χ0n) is 19.5. The highest BCUT2D eigenvalue weighted by Gasteiger charge is 2.14. The highest BCUT2D eigenvalue weighted by molar-refractivity contribution is 6.06. The topological polar surface area (TPSA) is 90.5 Å². The maximum Gasteiger partial charge on any atom is 0.258 e. The summed E-state index contributed by atoms with van der Waals surface area (Å²) < 4.78 is 0. The van der Waals surface area contributed by atoms with Crippen molar-refractivity contribution >= 4 is 34.8 Å². The van der Waals surface area contributed by atoms with E-state index in [0.29, 0.717) is 29.0 Å². The summed E-state index contributed by atoms with van der Waals surface area (Å²) >= 11 is 0. The number of carbonyl (C=O) groups is 3. The fourth-order valence-electron chi connectivity index (χ4n) is 3.33. The maximum atomic E-state index is 12.8.